The van der Waals surface area contributed by atoms with Crippen molar-refractivity contribution >= 4 is 17.8 Å². The van der Waals surface area contributed by atoms with Crippen molar-refractivity contribution < 1.29 is 23.9 Å². The number of hydrogen-bond donors (Lipinski definition) is 3. The number of carboxylic acid groups (broad SMARTS) is 1. The minimum Gasteiger partial charge on any atom is -0.480 e. The fraction of sp³-hybridized carbons (Fsp3) is 0.353. The number of aryl methyl sites for hydroxylation is 1. The van der Waals surface area contributed by atoms with Crippen molar-refractivity contribution in [2.45, 2.75) is 19.3 Å². The SMILES string of the molecule is O=C(O)CNC(=O)CCNC(=O)c1ccc(-n2cc(CCCF)nn2)cc1. The molecule has 10 heteroatoms. The second-order valence-electron chi connectivity index (χ2n) is 5.67. The number of nitrogens with one attached hydrogen (secondary N) is 2. The molecule has 0 aliphatic rings. The molecule has 2 aromatic rings. The van der Waals surface area contributed by atoms with Crippen LogP contribution in [0.15, 0.2) is 30.5 Å². The Hall–Kier alpha value is -3.30. The summed E-state index contributed by atoms with van der Waals surface area (Å²) >= 11 is 0. The second kappa shape index (κ2) is 10.00. The number of benzene rings is 1. The molecule has 2 amide bonds. The lowest BCUT2D eigenvalue weighted by molar-refractivity contribution is -0.137. The summed E-state index contributed by atoms with van der Waals surface area (Å²) in [7, 11) is 0. The third-order valence-corrected chi connectivity index (χ3v) is 3.58. The first-order valence-electron chi connectivity index (χ1n) is 8.34. The van der Waals surface area contributed by atoms with E-state index in [1.807, 2.05) is 0 Å². The van der Waals surface area contributed by atoms with Crippen molar-refractivity contribution in [1.82, 2.24) is 25.6 Å². The van der Waals surface area contributed by atoms with Gasteiger partial charge in [-0.1, -0.05) is 5.21 Å². The smallest absolute Gasteiger partial charge is 0.322 e. The van der Waals surface area contributed by atoms with Crippen LogP contribution in [0.2, 0.25) is 0 Å². The number of halogens is 1. The van der Waals surface area contributed by atoms with Gasteiger partial charge in [-0.15, -0.1) is 5.10 Å². The van der Waals surface area contributed by atoms with Gasteiger partial charge in [0, 0.05) is 18.5 Å². The zero-order chi connectivity index (χ0) is 19.6. The molecule has 9 nitrogen and oxygen atoms in total. The van der Waals surface area contributed by atoms with Crippen molar-refractivity contribution in [3.05, 3.63) is 41.7 Å². The molecule has 1 heterocycles. The highest BCUT2D eigenvalue weighted by atomic mass is 19.1. The molecular formula is C17H20FN5O4. The summed E-state index contributed by atoms with van der Waals surface area (Å²) in [4.78, 5) is 33.8. The van der Waals surface area contributed by atoms with Gasteiger partial charge in [0.1, 0.15) is 6.54 Å². The topological polar surface area (TPSA) is 126 Å². The third-order valence-electron chi connectivity index (χ3n) is 3.58. The molecule has 0 fully saturated rings. The summed E-state index contributed by atoms with van der Waals surface area (Å²) in [5, 5.41) is 21.2. The average Bonchev–Trinajstić information content (AvgIpc) is 3.13. The van der Waals surface area contributed by atoms with E-state index in [9.17, 15) is 18.8 Å². The van der Waals surface area contributed by atoms with Crippen LogP contribution in [0, 0.1) is 0 Å². The maximum Gasteiger partial charge on any atom is 0.322 e. The number of amides is 2. The quantitative estimate of drug-likeness (QED) is 0.553. The third kappa shape index (κ3) is 6.49. The molecule has 2 rings (SSSR count). The molecule has 0 unspecified atom stereocenters. The minimum atomic E-state index is -1.13. The van der Waals surface area contributed by atoms with E-state index in [0.717, 1.165) is 0 Å². The van der Waals surface area contributed by atoms with Gasteiger partial charge in [0.05, 0.1) is 24.3 Å². The number of hydrogen-bond acceptors (Lipinski definition) is 5. The maximum absolute atomic E-state index is 12.2. The summed E-state index contributed by atoms with van der Waals surface area (Å²) in [6.07, 6.45) is 2.60. The highest BCUT2D eigenvalue weighted by molar-refractivity contribution is 5.94. The zero-order valence-electron chi connectivity index (χ0n) is 14.5. The number of carbonyl (C=O) groups is 3. The lowest BCUT2D eigenvalue weighted by Gasteiger charge is -2.06. The Kier molecular flexibility index (Phi) is 7.41. The van der Waals surface area contributed by atoms with Crippen LogP contribution >= 0.6 is 0 Å². The number of aromatic nitrogens is 3. The van der Waals surface area contributed by atoms with Gasteiger partial charge in [0.15, 0.2) is 0 Å². The van der Waals surface area contributed by atoms with Gasteiger partial charge in [-0.3, -0.25) is 18.8 Å². The molecule has 0 spiro atoms. The summed E-state index contributed by atoms with van der Waals surface area (Å²) in [5.41, 5.74) is 1.80. The Morgan fingerprint density at radius 2 is 1.89 bits per heavy atom. The van der Waals surface area contributed by atoms with Crippen molar-refractivity contribution in [2.75, 3.05) is 19.8 Å². The van der Waals surface area contributed by atoms with Gasteiger partial charge in [0.25, 0.3) is 5.91 Å². The summed E-state index contributed by atoms with van der Waals surface area (Å²) in [6, 6.07) is 6.61. The molecule has 144 valence electrons. The number of carboxylic acids is 1. The molecule has 3 N–H and O–H groups in total. The number of carbonyl (C=O) groups excluding carboxylic acids is 2. The Morgan fingerprint density at radius 1 is 1.15 bits per heavy atom. The van der Waals surface area contributed by atoms with E-state index in [-0.39, 0.29) is 18.9 Å². The largest absolute Gasteiger partial charge is 0.480 e. The number of rotatable bonds is 10. The first-order chi connectivity index (χ1) is 13.0. The van der Waals surface area contributed by atoms with Crippen molar-refractivity contribution in [1.29, 1.82) is 0 Å². The standard InChI is InChI=1S/C17H20FN5O4/c18-8-1-2-13-11-23(22-21-13)14-5-3-12(4-6-14)17(27)19-9-7-15(24)20-10-16(25)26/h3-6,11H,1-2,7-10H2,(H,19,27)(H,20,24)(H,25,26). The molecule has 1 aromatic carbocycles. The normalized spacial score (nSPS) is 10.4. The van der Waals surface area contributed by atoms with Crippen LogP contribution in [0.5, 0.6) is 0 Å². The van der Waals surface area contributed by atoms with Crippen LogP contribution in [-0.2, 0) is 16.0 Å². The predicted molar refractivity (Wildman–Crippen MR) is 93.3 cm³/mol. The fourth-order valence-electron chi connectivity index (χ4n) is 2.21. The van der Waals surface area contributed by atoms with Crippen LogP contribution in [0.3, 0.4) is 0 Å². The lowest BCUT2D eigenvalue weighted by Crippen LogP contribution is -2.33. The van der Waals surface area contributed by atoms with Crippen molar-refractivity contribution in [3.8, 4) is 5.69 Å². The Labute approximate surface area is 154 Å². The Bertz CT molecular complexity index is 791. The van der Waals surface area contributed by atoms with E-state index in [1.165, 1.54) is 0 Å². The molecule has 1 aromatic heterocycles. The minimum absolute atomic E-state index is 0.0162. The van der Waals surface area contributed by atoms with Gasteiger partial charge >= 0.3 is 5.97 Å². The second-order valence-corrected chi connectivity index (χ2v) is 5.67. The van der Waals surface area contributed by atoms with E-state index in [1.54, 1.807) is 35.1 Å². The fourth-order valence-corrected chi connectivity index (χ4v) is 2.21. The van der Waals surface area contributed by atoms with Gasteiger partial charge in [-0.05, 0) is 37.1 Å². The molecule has 0 bridgehead atoms. The Morgan fingerprint density at radius 3 is 2.56 bits per heavy atom. The highest BCUT2D eigenvalue weighted by Gasteiger charge is 2.09. The van der Waals surface area contributed by atoms with Gasteiger partial charge in [-0.25, -0.2) is 4.68 Å². The van der Waals surface area contributed by atoms with E-state index in [2.05, 4.69) is 20.9 Å². The number of nitrogens with zero attached hydrogens (tertiary/aromatic N) is 3. The highest BCUT2D eigenvalue weighted by Crippen LogP contribution is 2.10. The number of alkyl halides is 1. The molecule has 0 radical (unpaired) electrons. The zero-order valence-corrected chi connectivity index (χ0v) is 14.5. The summed E-state index contributed by atoms with van der Waals surface area (Å²) in [6.45, 7) is -0.767. The van der Waals surface area contributed by atoms with E-state index < -0.39 is 25.1 Å². The molecule has 0 aliphatic heterocycles. The molecular weight excluding hydrogens is 357 g/mol. The first kappa shape index (κ1) is 20.0. The van der Waals surface area contributed by atoms with Crippen LogP contribution in [0.25, 0.3) is 5.69 Å². The predicted octanol–water partition coefficient (Wildman–Crippen LogP) is 0.490. The number of aliphatic carboxylic acids is 1. The maximum atomic E-state index is 12.2. The van der Waals surface area contributed by atoms with Crippen LogP contribution in [0.1, 0.15) is 28.9 Å². The van der Waals surface area contributed by atoms with Gasteiger partial charge in [-0.2, -0.15) is 0 Å². The van der Waals surface area contributed by atoms with E-state index in [4.69, 9.17) is 5.11 Å². The molecule has 0 saturated heterocycles. The van der Waals surface area contributed by atoms with Gasteiger partial charge in [0.2, 0.25) is 5.91 Å². The van der Waals surface area contributed by atoms with Crippen molar-refractivity contribution in [2.24, 2.45) is 0 Å². The van der Waals surface area contributed by atoms with Crippen LogP contribution < -0.4 is 10.6 Å². The lowest BCUT2D eigenvalue weighted by atomic mass is 10.2. The first-order valence-corrected chi connectivity index (χ1v) is 8.34. The molecule has 0 aliphatic carbocycles. The van der Waals surface area contributed by atoms with Crippen LogP contribution in [-0.4, -0.2) is 57.6 Å². The van der Waals surface area contributed by atoms with Crippen LogP contribution in [0.4, 0.5) is 4.39 Å². The Balaban J connectivity index is 1.83. The molecule has 0 atom stereocenters. The van der Waals surface area contributed by atoms with E-state index >= 15 is 0 Å². The van der Waals surface area contributed by atoms with E-state index in [0.29, 0.717) is 29.8 Å². The molecule has 0 saturated carbocycles. The average molecular weight is 377 g/mol. The van der Waals surface area contributed by atoms with Gasteiger partial charge < -0.3 is 15.7 Å². The monoisotopic (exact) mass is 377 g/mol. The van der Waals surface area contributed by atoms with Crippen molar-refractivity contribution in [3.63, 3.8) is 0 Å². The molecule has 27 heavy (non-hydrogen) atoms. The summed E-state index contributed by atoms with van der Waals surface area (Å²) in [5.74, 6) is -1.94. The summed E-state index contributed by atoms with van der Waals surface area (Å²) < 4.78 is 13.7.